The topological polar surface area (TPSA) is 101 Å². The molecule has 3 N–H and O–H groups in total. The van der Waals surface area contributed by atoms with Crippen LogP contribution < -0.4 is 10.6 Å². The number of hydrogen-bond acceptors (Lipinski definition) is 6. The quantitative estimate of drug-likeness (QED) is 0.161. The first-order valence-electron chi connectivity index (χ1n) is 10.7. The molecule has 0 bridgehead atoms. The zero-order valence-corrected chi connectivity index (χ0v) is 19.1. The van der Waals surface area contributed by atoms with Gasteiger partial charge < -0.3 is 19.3 Å². The number of phenols is 1. The van der Waals surface area contributed by atoms with Gasteiger partial charge in [0.2, 0.25) is 11.8 Å². The molecule has 0 unspecified atom stereocenters. The number of rotatable bonds is 5. The van der Waals surface area contributed by atoms with E-state index in [4.69, 9.17) is 21.1 Å². The molecule has 7 nitrogen and oxygen atoms in total. The summed E-state index contributed by atoms with van der Waals surface area (Å²) in [6, 6.07) is 25.4. The first-order valence-corrected chi connectivity index (χ1v) is 11.1. The number of para-hydroxylation sites is 2. The molecule has 0 fully saturated rings. The number of fused-ring (bicyclic) bond motifs is 1. The number of furan rings is 1. The van der Waals surface area contributed by atoms with Gasteiger partial charge in [-0.1, -0.05) is 42.5 Å². The Kier molecular flexibility index (Phi) is 6.11. The number of nitrogens with zero attached hydrogens (tertiary/aromatic N) is 1. The summed E-state index contributed by atoms with van der Waals surface area (Å²) in [6.07, 6.45) is 2.90. The van der Waals surface area contributed by atoms with Crippen LogP contribution in [0.1, 0.15) is 5.76 Å². The molecular formula is C27H19N3O4S. The molecule has 0 aliphatic heterocycles. The minimum Gasteiger partial charge on any atom is -0.507 e. The molecule has 172 valence electrons. The number of aromatic hydroxyl groups is 1. The first-order chi connectivity index (χ1) is 17.0. The van der Waals surface area contributed by atoms with Crippen molar-refractivity contribution in [3.8, 4) is 28.5 Å². The number of carbonyl (C=O) groups excluding carboxylic acids is 1. The third-order valence-corrected chi connectivity index (χ3v) is 5.30. The molecule has 0 spiro atoms. The van der Waals surface area contributed by atoms with Gasteiger partial charge in [0.15, 0.2) is 10.7 Å². The number of amides is 1. The molecule has 3 aromatic carbocycles. The monoisotopic (exact) mass is 481 g/mol. The highest BCUT2D eigenvalue weighted by Crippen LogP contribution is 2.33. The van der Waals surface area contributed by atoms with Crippen molar-refractivity contribution in [2.24, 2.45) is 0 Å². The summed E-state index contributed by atoms with van der Waals surface area (Å²) in [5.41, 5.74) is 3.19. The van der Waals surface area contributed by atoms with Gasteiger partial charge in [0, 0.05) is 17.3 Å². The lowest BCUT2D eigenvalue weighted by Gasteiger charge is -2.09. The van der Waals surface area contributed by atoms with Crippen LogP contribution in [0, 0.1) is 0 Å². The van der Waals surface area contributed by atoms with Gasteiger partial charge in [-0.2, -0.15) is 0 Å². The van der Waals surface area contributed by atoms with Crippen LogP contribution >= 0.6 is 12.2 Å². The number of thiocarbonyl (C=S) groups is 1. The fraction of sp³-hybridized carbons (Fsp3) is 0. The van der Waals surface area contributed by atoms with Gasteiger partial charge in [0.05, 0.1) is 5.56 Å². The number of aromatic nitrogens is 1. The Bertz CT molecular complexity index is 1520. The molecule has 0 aliphatic rings. The molecule has 8 heteroatoms. The Balaban J connectivity index is 1.23. The van der Waals surface area contributed by atoms with E-state index in [9.17, 15) is 9.90 Å². The molecule has 35 heavy (non-hydrogen) atoms. The predicted octanol–water partition coefficient (Wildman–Crippen LogP) is 5.99. The highest BCUT2D eigenvalue weighted by molar-refractivity contribution is 7.80. The Morgan fingerprint density at radius 2 is 1.74 bits per heavy atom. The standard InChI is InChI=1S/C27H19N3O4S/c31-22-13-10-18(16-20(22)26-29-21-8-4-5-9-24(21)34-26)28-27(35)30-25(32)15-12-19-11-14-23(33-19)17-6-2-1-3-7-17/h1-16,31H,(H2,28,30,32,35)/b15-12+. The van der Waals surface area contributed by atoms with Crippen molar-refractivity contribution in [1.29, 1.82) is 0 Å². The van der Waals surface area contributed by atoms with Crippen LogP contribution in [0.2, 0.25) is 0 Å². The van der Waals surface area contributed by atoms with E-state index in [2.05, 4.69) is 15.6 Å². The second-order valence-electron chi connectivity index (χ2n) is 7.56. The van der Waals surface area contributed by atoms with Crippen molar-refractivity contribution < 1.29 is 18.7 Å². The van der Waals surface area contributed by atoms with Crippen molar-refractivity contribution in [1.82, 2.24) is 10.3 Å². The fourth-order valence-electron chi connectivity index (χ4n) is 3.45. The van der Waals surface area contributed by atoms with Gasteiger partial charge >= 0.3 is 0 Å². The number of anilines is 1. The average molecular weight is 482 g/mol. The normalized spacial score (nSPS) is 11.1. The molecule has 5 rings (SSSR count). The lowest BCUT2D eigenvalue weighted by Crippen LogP contribution is -2.32. The average Bonchev–Trinajstić information content (AvgIpc) is 3.52. The van der Waals surface area contributed by atoms with E-state index < -0.39 is 5.91 Å². The first kappa shape index (κ1) is 22.1. The van der Waals surface area contributed by atoms with Crippen molar-refractivity contribution in [2.45, 2.75) is 0 Å². The van der Waals surface area contributed by atoms with Gasteiger partial charge in [-0.05, 0) is 60.8 Å². The highest BCUT2D eigenvalue weighted by atomic mass is 32.1. The summed E-state index contributed by atoms with van der Waals surface area (Å²) in [6.45, 7) is 0. The van der Waals surface area contributed by atoms with Crippen molar-refractivity contribution in [2.75, 3.05) is 5.32 Å². The van der Waals surface area contributed by atoms with E-state index in [1.807, 2.05) is 54.6 Å². The summed E-state index contributed by atoms with van der Waals surface area (Å²) >= 11 is 5.25. The van der Waals surface area contributed by atoms with Crippen LogP contribution in [0.3, 0.4) is 0 Å². The maximum Gasteiger partial charge on any atom is 0.250 e. The third-order valence-electron chi connectivity index (χ3n) is 5.10. The Labute approximate surface area is 205 Å². The van der Waals surface area contributed by atoms with Gasteiger partial charge in [0.1, 0.15) is 22.8 Å². The van der Waals surface area contributed by atoms with E-state index >= 15 is 0 Å². The van der Waals surface area contributed by atoms with Crippen molar-refractivity contribution in [3.05, 3.63) is 96.8 Å². The van der Waals surface area contributed by atoms with Crippen LogP contribution in [-0.2, 0) is 4.79 Å². The number of oxazole rings is 1. The lowest BCUT2D eigenvalue weighted by molar-refractivity contribution is -0.115. The van der Waals surface area contributed by atoms with Crippen LogP contribution in [0.15, 0.2) is 99.8 Å². The molecule has 5 aromatic rings. The van der Waals surface area contributed by atoms with E-state index in [0.29, 0.717) is 33.9 Å². The van der Waals surface area contributed by atoms with Gasteiger partial charge in [-0.25, -0.2) is 4.98 Å². The van der Waals surface area contributed by atoms with E-state index in [1.54, 1.807) is 30.3 Å². The number of phenolic OH excluding ortho intramolecular Hbond substituents is 1. The van der Waals surface area contributed by atoms with Crippen LogP contribution in [0.25, 0.3) is 40.0 Å². The lowest BCUT2D eigenvalue weighted by atomic mass is 10.1. The van der Waals surface area contributed by atoms with Gasteiger partial charge in [-0.15, -0.1) is 0 Å². The molecule has 2 heterocycles. The van der Waals surface area contributed by atoms with Crippen molar-refractivity contribution >= 4 is 46.1 Å². The van der Waals surface area contributed by atoms with Gasteiger partial charge in [-0.3, -0.25) is 10.1 Å². The number of benzene rings is 3. The van der Waals surface area contributed by atoms with E-state index in [0.717, 1.165) is 5.56 Å². The molecule has 0 aliphatic carbocycles. The third kappa shape index (κ3) is 5.13. The van der Waals surface area contributed by atoms with E-state index in [-0.39, 0.29) is 16.8 Å². The summed E-state index contributed by atoms with van der Waals surface area (Å²) < 4.78 is 11.5. The number of carbonyl (C=O) groups is 1. The molecule has 0 radical (unpaired) electrons. The largest absolute Gasteiger partial charge is 0.507 e. The minimum atomic E-state index is -0.418. The molecule has 2 aromatic heterocycles. The summed E-state index contributed by atoms with van der Waals surface area (Å²) in [4.78, 5) is 16.7. The zero-order chi connectivity index (χ0) is 24.2. The second-order valence-corrected chi connectivity index (χ2v) is 7.97. The Morgan fingerprint density at radius 3 is 2.57 bits per heavy atom. The van der Waals surface area contributed by atoms with Crippen molar-refractivity contribution in [3.63, 3.8) is 0 Å². The zero-order valence-electron chi connectivity index (χ0n) is 18.3. The van der Waals surface area contributed by atoms with E-state index in [1.165, 1.54) is 12.1 Å². The molecule has 1 amide bonds. The van der Waals surface area contributed by atoms with Crippen LogP contribution in [-0.4, -0.2) is 21.1 Å². The fourth-order valence-corrected chi connectivity index (χ4v) is 3.66. The predicted molar refractivity (Wildman–Crippen MR) is 139 cm³/mol. The number of nitrogens with one attached hydrogen (secondary N) is 2. The molecule has 0 atom stereocenters. The maximum atomic E-state index is 12.3. The van der Waals surface area contributed by atoms with Crippen LogP contribution in [0.4, 0.5) is 5.69 Å². The molecule has 0 saturated heterocycles. The van der Waals surface area contributed by atoms with Crippen LogP contribution in [0.5, 0.6) is 5.75 Å². The maximum absolute atomic E-state index is 12.3. The number of hydrogen-bond donors (Lipinski definition) is 3. The van der Waals surface area contributed by atoms with Gasteiger partial charge in [0.25, 0.3) is 0 Å². The Morgan fingerprint density at radius 1 is 0.943 bits per heavy atom. The SMILES string of the molecule is O=C(/C=C/c1ccc(-c2ccccc2)o1)NC(=S)Nc1ccc(O)c(-c2nc3ccccc3o2)c1. The molecular weight excluding hydrogens is 462 g/mol. The summed E-state index contributed by atoms with van der Waals surface area (Å²) in [5.74, 6) is 1.12. The second kappa shape index (κ2) is 9.66. The molecule has 0 saturated carbocycles. The highest BCUT2D eigenvalue weighted by Gasteiger charge is 2.14. The summed E-state index contributed by atoms with van der Waals surface area (Å²) in [5, 5.41) is 15.9. The Hall–Kier alpha value is -4.69. The smallest absolute Gasteiger partial charge is 0.250 e. The summed E-state index contributed by atoms with van der Waals surface area (Å²) in [7, 11) is 0. The minimum absolute atomic E-state index is 0.00770.